The van der Waals surface area contributed by atoms with Crippen molar-refractivity contribution < 1.29 is 14.4 Å². The molecule has 3 fully saturated rings. The topological polar surface area (TPSA) is 87.3 Å². The highest BCUT2D eigenvalue weighted by Gasteiger charge is 2.20. The molecule has 0 aromatic rings. The Morgan fingerprint density at radius 2 is 0.800 bits per heavy atom. The number of rotatable bonds is 6. The molecule has 3 atom stereocenters. The molecule has 3 N–H and O–H groups in total. The largest absolute Gasteiger partial charge is 0.356 e. The smallest absolute Gasteiger partial charge is 0.220 e. The van der Waals surface area contributed by atoms with Crippen molar-refractivity contribution in [2.45, 2.75) is 101 Å². The van der Waals surface area contributed by atoms with Crippen molar-refractivity contribution in [2.75, 3.05) is 19.6 Å². The zero-order valence-corrected chi connectivity index (χ0v) is 17.4. The molecule has 180 valence electrons. The van der Waals surface area contributed by atoms with Crippen molar-refractivity contribution >= 4 is 17.7 Å². The van der Waals surface area contributed by atoms with E-state index in [9.17, 15) is 14.4 Å². The summed E-state index contributed by atoms with van der Waals surface area (Å²) in [5.41, 5.74) is 0. The average Bonchev–Trinajstić information content (AvgIpc) is 3.33. The van der Waals surface area contributed by atoms with Gasteiger partial charge in [-0.1, -0.05) is 62.3 Å². The van der Waals surface area contributed by atoms with E-state index in [1.54, 1.807) is 0 Å². The summed E-state index contributed by atoms with van der Waals surface area (Å²) in [6.45, 7) is 9.19. The van der Waals surface area contributed by atoms with Gasteiger partial charge in [0.05, 0.1) is 0 Å². The number of carbonyl (C=O) groups is 3. The Bertz CT molecular complexity index is 402. The highest BCUT2D eigenvalue weighted by Crippen LogP contribution is 2.15. The molecule has 0 aliphatic carbocycles. The molecule has 6 heteroatoms. The number of amides is 3. The molecule has 6 nitrogen and oxygen atoms in total. The molecule has 0 bridgehead atoms. The molecule has 30 heavy (non-hydrogen) atoms. The van der Waals surface area contributed by atoms with E-state index >= 15 is 0 Å². The Hall–Kier alpha value is -1.59. The first-order chi connectivity index (χ1) is 13.0. The first-order valence-electron chi connectivity index (χ1n) is 10.8. The lowest BCUT2D eigenvalue weighted by Gasteiger charge is -2.01. The maximum Gasteiger partial charge on any atom is 0.220 e. The minimum atomic E-state index is 0. The number of hydrogen-bond acceptors (Lipinski definition) is 3. The van der Waals surface area contributed by atoms with Crippen molar-refractivity contribution in [3.8, 4) is 0 Å². The summed E-state index contributed by atoms with van der Waals surface area (Å²) in [5.74, 6) is 2.57. The van der Waals surface area contributed by atoms with Gasteiger partial charge in [-0.05, 0) is 37.0 Å². The van der Waals surface area contributed by atoms with Crippen LogP contribution in [0, 0.1) is 17.8 Å². The zero-order chi connectivity index (χ0) is 20.1. The van der Waals surface area contributed by atoms with Crippen LogP contribution in [-0.4, -0.2) is 37.4 Å². The lowest BCUT2D eigenvalue weighted by atomic mass is 10.0. The van der Waals surface area contributed by atoms with Crippen LogP contribution >= 0.6 is 0 Å². The van der Waals surface area contributed by atoms with E-state index in [0.29, 0.717) is 17.8 Å². The van der Waals surface area contributed by atoms with Gasteiger partial charge in [-0.2, -0.15) is 0 Å². The van der Waals surface area contributed by atoms with E-state index in [1.807, 2.05) is 0 Å². The van der Waals surface area contributed by atoms with Crippen LogP contribution < -0.4 is 16.0 Å². The fourth-order valence-corrected chi connectivity index (χ4v) is 3.83. The van der Waals surface area contributed by atoms with Gasteiger partial charge in [-0.3, -0.25) is 14.4 Å². The van der Waals surface area contributed by atoms with Crippen molar-refractivity contribution in [3.63, 3.8) is 0 Å². The summed E-state index contributed by atoms with van der Waals surface area (Å²) in [5, 5.41) is 8.45. The van der Waals surface area contributed by atoms with Crippen LogP contribution in [0.4, 0.5) is 0 Å². The predicted molar refractivity (Wildman–Crippen MR) is 128 cm³/mol. The Balaban J connectivity index is -0.000000347. The van der Waals surface area contributed by atoms with Crippen molar-refractivity contribution in [1.82, 2.24) is 16.0 Å². The molecule has 0 aromatic heterocycles. The van der Waals surface area contributed by atoms with Crippen LogP contribution in [0.15, 0.2) is 0 Å². The van der Waals surface area contributed by atoms with Gasteiger partial charge in [-0.15, -0.1) is 0 Å². The minimum Gasteiger partial charge on any atom is -0.356 e. The quantitative estimate of drug-likeness (QED) is 0.573. The molecule has 0 radical (unpaired) electrons. The van der Waals surface area contributed by atoms with Gasteiger partial charge in [0, 0.05) is 38.9 Å². The molecule has 1 unspecified atom stereocenters. The molecule has 3 amide bonds. The molecule has 3 aliphatic rings. The second kappa shape index (κ2) is 19.4. The normalized spacial score (nSPS) is 23.7. The van der Waals surface area contributed by atoms with E-state index in [1.165, 1.54) is 38.5 Å². The molecular formula is C24H51N3O3. The van der Waals surface area contributed by atoms with Crippen molar-refractivity contribution in [1.29, 1.82) is 0 Å². The van der Waals surface area contributed by atoms with Crippen LogP contribution in [-0.2, 0) is 14.4 Å². The van der Waals surface area contributed by atoms with Crippen LogP contribution in [0.3, 0.4) is 0 Å². The van der Waals surface area contributed by atoms with E-state index in [2.05, 4.69) is 36.7 Å². The van der Waals surface area contributed by atoms with Crippen LogP contribution in [0.1, 0.15) is 101 Å². The first kappa shape index (κ1) is 33.1. The molecule has 0 spiro atoms. The fraction of sp³-hybridized carbons (Fsp3) is 0.875. The Morgan fingerprint density at radius 3 is 0.933 bits per heavy atom. The van der Waals surface area contributed by atoms with E-state index < -0.39 is 0 Å². The van der Waals surface area contributed by atoms with E-state index in [4.69, 9.17) is 0 Å². The summed E-state index contributed by atoms with van der Waals surface area (Å²) in [6.07, 6.45) is 9.44. The summed E-state index contributed by atoms with van der Waals surface area (Å²) in [7, 11) is 0. The lowest BCUT2D eigenvalue weighted by molar-refractivity contribution is -0.120. The summed E-state index contributed by atoms with van der Waals surface area (Å²) in [6, 6.07) is 0. The minimum absolute atomic E-state index is 0. The van der Waals surface area contributed by atoms with Crippen molar-refractivity contribution in [2.24, 2.45) is 17.8 Å². The molecule has 3 saturated heterocycles. The van der Waals surface area contributed by atoms with E-state index in [-0.39, 0.29) is 40.0 Å². The SMILES string of the molecule is C.C.C.CCCC1CNC(=O)C1.CCC[C@@H]1CNC(=O)C1.CCC[C@H]1CNC(=O)C1. The second-order valence-electron chi connectivity index (χ2n) is 7.99. The predicted octanol–water partition coefficient (Wildman–Crippen LogP) is 4.68. The monoisotopic (exact) mass is 429 g/mol. The van der Waals surface area contributed by atoms with Crippen LogP contribution in [0.2, 0.25) is 0 Å². The van der Waals surface area contributed by atoms with Gasteiger partial charge in [0.2, 0.25) is 17.7 Å². The Morgan fingerprint density at radius 1 is 0.567 bits per heavy atom. The number of nitrogens with one attached hydrogen (secondary N) is 3. The van der Waals surface area contributed by atoms with Crippen LogP contribution in [0.5, 0.6) is 0 Å². The molecule has 3 rings (SSSR count). The van der Waals surface area contributed by atoms with Gasteiger partial charge >= 0.3 is 0 Å². The maximum atomic E-state index is 10.6. The average molecular weight is 430 g/mol. The molecule has 0 saturated carbocycles. The van der Waals surface area contributed by atoms with Crippen LogP contribution in [0.25, 0.3) is 0 Å². The van der Waals surface area contributed by atoms with Gasteiger partial charge in [0.25, 0.3) is 0 Å². The maximum absolute atomic E-state index is 10.6. The molecular weight excluding hydrogens is 378 g/mol. The van der Waals surface area contributed by atoms with E-state index in [0.717, 1.165) is 38.9 Å². The van der Waals surface area contributed by atoms with Gasteiger partial charge in [-0.25, -0.2) is 0 Å². The summed E-state index contributed by atoms with van der Waals surface area (Å²) >= 11 is 0. The third-order valence-corrected chi connectivity index (χ3v) is 5.28. The second-order valence-corrected chi connectivity index (χ2v) is 7.99. The van der Waals surface area contributed by atoms with Gasteiger partial charge < -0.3 is 16.0 Å². The fourth-order valence-electron chi connectivity index (χ4n) is 3.83. The first-order valence-corrected chi connectivity index (χ1v) is 10.8. The Kier molecular flexibility index (Phi) is 21.4. The lowest BCUT2D eigenvalue weighted by Crippen LogP contribution is -2.13. The third kappa shape index (κ3) is 14.4. The zero-order valence-electron chi connectivity index (χ0n) is 17.4. The molecule has 3 heterocycles. The standard InChI is InChI=1S/3C7H13NO.3CH4/c3*1-2-3-6-4-7(9)8-5-6;;;/h3*6H,2-5H2,1H3,(H,8,9);3*1H4/t2*6-;;;;/m10..../s1. The van der Waals surface area contributed by atoms with Gasteiger partial charge in [0.15, 0.2) is 0 Å². The highest BCUT2D eigenvalue weighted by atomic mass is 16.2. The molecule has 0 aromatic carbocycles. The number of carbonyl (C=O) groups excluding carboxylic acids is 3. The van der Waals surface area contributed by atoms with Gasteiger partial charge in [0.1, 0.15) is 0 Å². The molecule has 3 aliphatic heterocycles. The number of hydrogen-bond donors (Lipinski definition) is 3. The third-order valence-electron chi connectivity index (χ3n) is 5.28. The van der Waals surface area contributed by atoms with Crippen molar-refractivity contribution in [3.05, 3.63) is 0 Å². The summed E-state index contributed by atoms with van der Waals surface area (Å²) in [4.78, 5) is 31.9. The Labute approximate surface area is 186 Å². The highest BCUT2D eigenvalue weighted by molar-refractivity contribution is 5.78. The summed E-state index contributed by atoms with van der Waals surface area (Å²) < 4.78 is 0.